The zero-order chi connectivity index (χ0) is 14.2. The van der Waals surface area contributed by atoms with Crippen molar-refractivity contribution in [3.05, 3.63) is 59.7 Å². The van der Waals surface area contributed by atoms with Crippen molar-refractivity contribution in [1.29, 1.82) is 0 Å². The normalized spacial score (nSPS) is 9.50. The molecule has 0 amide bonds. The molecule has 0 unspecified atom stereocenters. The number of nitrogens with two attached hydrogens (primary N) is 1. The van der Waals surface area contributed by atoms with E-state index in [2.05, 4.69) is 11.8 Å². The summed E-state index contributed by atoms with van der Waals surface area (Å²) in [5.74, 6) is 7.42. The Labute approximate surface area is 119 Å². The Morgan fingerprint density at radius 2 is 1.80 bits per heavy atom. The van der Waals surface area contributed by atoms with Gasteiger partial charge in [-0.3, -0.25) is 0 Å². The molecule has 0 aromatic heterocycles. The van der Waals surface area contributed by atoms with Crippen molar-refractivity contribution in [2.45, 2.75) is 6.61 Å². The molecule has 2 aromatic carbocycles. The van der Waals surface area contributed by atoms with Gasteiger partial charge in [-0.05, 0) is 30.3 Å². The second kappa shape index (κ2) is 7.22. The number of hydrogen-bond acceptors (Lipinski definition) is 3. The lowest BCUT2D eigenvalue weighted by atomic mass is 10.2. The molecule has 3 nitrogen and oxygen atoms in total. The second-order valence-corrected chi connectivity index (χ2v) is 4.13. The highest BCUT2D eigenvalue weighted by molar-refractivity contribution is 5.39. The molecule has 2 aromatic rings. The van der Waals surface area contributed by atoms with E-state index < -0.39 is 0 Å². The number of hydrogen-bond donors (Lipinski definition) is 1. The van der Waals surface area contributed by atoms with Gasteiger partial charge < -0.3 is 15.2 Å². The van der Waals surface area contributed by atoms with Crippen LogP contribution in [0.3, 0.4) is 0 Å². The summed E-state index contributed by atoms with van der Waals surface area (Å²) in [7, 11) is 1.66. The van der Waals surface area contributed by atoms with E-state index >= 15 is 0 Å². The smallest absolute Gasteiger partial charge is 0.125 e. The van der Waals surface area contributed by atoms with Gasteiger partial charge in [-0.15, -0.1) is 0 Å². The van der Waals surface area contributed by atoms with Crippen LogP contribution in [0.1, 0.15) is 11.1 Å². The third-order valence-corrected chi connectivity index (χ3v) is 2.78. The van der Waals surface area contributed by atoms with Crippen molar-refractivity contribution in [2.24, 2.45) is 5.73 Å². The van der Waals surface area contributed by atoms with Crippen LogP contribution in [0.15, 0.2) is 48.5 Å². The summed E-state index contributed by atoms with van der Waals surface area (Å²) in [5, 5.41) is 0. The van der Waals surface area contributed by atoms with E-state index in [1.807, 2.05) is 48.5 Å². The van der Waals surface area contributed by atoms with Gasteiger partial charge in [-0.1, -0.05) is 30.0 Å². The second-order valence-electron chi connectivity index (χ2n) is 4.13. The van der Waals surface area contributed by atoms with Crippen molar-refractivity contribution >= 4 is 0 Å². The fourth-order valence-corrected chi connectivity index (χ4v) is 1.77. The minimum atomic E-state index is 0.367. The van der Waals surface area contributed by atoms with Crippen molar-refractivity contribution in [3.8, 4) is 23.3 Å². The first-order valence-electron chi connectivity index (χ1n) is 6.37. The van der Waals surface area contributed by atoms with Gasteiger partial charge in [-0.25, -0.2) is 0 Å². The average Bonchev–Trinajstić information content (AvgIpc) is 2.52. The maximum atomic E-state index is 5.74. The molecule has 0 heterocycles. The lowest BCUT2D eigenvalue weighted by molar-refractivity contribution is 0.296. The van der Waals surface area contributed by atoms with Crippen molar-refractivity contribution in [1.82, 2.24) is 0 Å². The molecule has 3 heteroatoms. The lowest BCUT2D eigenvalue weighted by Crippen LogP contribution is -1.98. The third-order valence-electron chi connectivity index (χ3n) is 2.78. The first kappa shape index (κ1) is 14.0. The molecule has 0 saturated heterocycles. The standard InChI is InChI=1S/C17H17NO2/c1-19-17-7-3-2-6-15(17)13-20-16-10-8-14(9-11-16)5-4-12-18/h2-3,6-11H,12-13,18H2,1H3. The minimum Gasteiger partial charge on any atom is -0.496 e. The van der Waals surface area contributed by atoms with Crippen LogP contribution in [0.25, 0.3) is 0 Å². The lowest BCUT2D eigenvalue weighted by Gasteiger charge is -2.10. The van der Waals surface area contributed by atoms with Crippen LogP contribution in [0.5, 0.6) is 11.5 Å². The molecule has 0 saturated carbocycles. The van der Waals surface area contributed by atoms with Gasteiger partial charge >= 0.3 is 0 Å². The van der Waals surface area contributed by atoms with Crippen molar-refractivity contribution in [2.75, 3.05) is 13.7 Å². The fourth-order valence-electron chi connectivity index (χ4n) is 1.77. The van der Waals surface area contributed by atoms with E-state index in [9.17, 15) is 0 Å². The van der Waals surface area contributed by atoms with E-state index in [4.69, 9.17) is 15.2 Å². The van der Waals surface area contributed by atoms with Crippen molar-refractivity contribution in [3.63, 3.8) is 0 Å². The molecule has 0 spiro atoms. The van der Waals surface area contributed by atoms with Crippen LogP contribution >= 0.6 is 0 Å². The monoisotopic (exact) mass is 267 g/mol. The molecule has 2 rings (SSSR count). The highest BCUT2D eigenvalue weighted by Gasteiger charge is 2.02. The number of methoxy groups -OCH3 is 1. The summed E-state index contributed by atoms with van der Waals surface area (Å²) >= 11 is 0. The van der Waals surface area contributed by atoms with Gasteiger partial charge in [0, 0.05) is 11.1 Å². The van der Waals surface area contributed by atoms with Crippen molar-refractivity contribution < 1.29 is 9.47 Å². The van der Waals surface area contributed by atoms with Gasteiger partial charge in [0.1, 0.15) is 18.1 Å². The highest BCUT2D eigenvalue weighted by Crippen LogP contribution is 2.20. The van der Waals surface area contributed by atoms with Crippen LogP contribution in [0, 0.1) is 11.8 Å². The Bertz CT molecular complexity index is 609. The van der Waals surface area contributed by atoms with E-state index in [0.717, 1.165) is 22.6 Å². The average molecular weight is 267 g/mol. The summed E-state index contributed by atoms with van der Waals surface area (Å²) in [6.45, 7) is 0.837. The van der Waals surface area contributed by atoms with Gasteiger partial charge in [0.25, 0.3) is 0 Å². The molecule has 20 heavy (non-hydrogen) atoms. The Hall–Kier alpha value is -2.44. The third kappa shape index (κ3) is 3.78. The maximum Gasteiger partial charge on any atom is 0.125 e. The fraction of sp³-hybridized carbons (Fsp3) is 0.176. The maximum absolute atomic E-state index is 5.74. The zero-order valence-electron chi connectivity index (χ0n) is 11.4. The Morgan fingerprint density at radius 1 is 1.05 bits per heavy atom. The minimum absolute atomic E-state index is 0.367. The summed E-state index contributed by atoms with van der Waals surface area (Å²) in [5.41, 5.74) is 7.28. The van der Waals surface area contributed by atoms with E-state index in [0.29, 0.717) is 13.2 Å². The topological polar surface area (TPSA) is 44.5 Å². The summed E-state index contributed by atoms with van der Waals surface area (Å²) in [4.78, 5) is 0. The van der Waals surface area contributed by atoms with Crippen LogP contribution in [-0.4, -0.2) is 13.7 Å². The molecule has 0 aliphatic rings. The van der Waals surface area contributed by atoms with Gasteiger partial charge in [0.05, 0.1) is 13.7 Å². The first-order valence-corrected chi connectivity index (χ1v) is 6.37. The Balaban J connectivity index is 2.00. The molecule has 0 atom stereocenters. The predicted octanol–water partition coefficient (Wildman–Crippen LogP) is 2.58. The van der Waals surface area contributed by atoms with Gasteiger partial charge in [0.2, 0.25) is 0 Å². The highest BCUT2D eigenvalue weighted by atomic mass is 16.5. The summed E-state index contributed by atoms with van der Waals surface area (Å²) < 4.78 is 11.0. The van der Waals surface area contributed by atoms with Crippen LogP contribution in [0.4, 0.5) is 0 Å². The van der Waals surface area contributed by atoms with E-state index in [1.165, 1.54) is 0 Å². The molecule has 2 N–H and O–H groups in total. The predicted molar refractivity (Wildman–Crippen MR) is 79.7 cm³/mol. The largest absolute Gasteiger partial charge is 0.496 e. The Morgan fingerprint density at radius 3 is 2.50 bits per heavy atom. The molecular weight excluding hydrogens is 250 g/mol. The zero-order valence-corrected chi connectivity index (χ0v) is 11.4. The van der Waals surface area contributed by atoms with Crippen LogP contribution < -0.4 is 15.2 Å². The number of para-hydroxylation sites is 1. The molecular formula is C17H17NO2. The summed E-state index contributed by atoms with van der Waals surface area (Å²) in [6.07, 6.45) is 0. The first-order chi connectivity index (χ1) is 9.83. The van der Waals surface area contributed by atoms with Crippen LogP contribution in [0.2, 0.25) is 0 Å². The quantitative estimate of drug-likeness (QED) is 0.866. The van der Waals surface area contributed by atoms with E-state index in [1.54, 1.807) is 7.11 Å². The molecule has 0 fully saturated rings. The van der Waals surface area contributed by atoms with Gasteiger partial charge in [0.15, 0.2) is 0 Å². The molecule has 0 aliphatic carbocycles. The van der Waals surface area contributed by atoms with Crippen LogP contribution in [-0.2, 0) is 6.61 Å². The molecule has 0 bridgehead atoms. The van der Waals surface area contributed by atoms with E-state index in [-0.39, 0.29) is 0 Å². The number of rotatable bonds is 4. The Kier molecular flexibility index (Phi) is 5.05. The molecule has 0 radical (unpaired) electrons. The number of benzene rings is 2. The summed E-state index contributed by atoms with van der Waals surface area (Å²) in [6, 6.07) is 15.4. The molecule has 0 aliphatic heterocycles. The number of ether oxygens (including phenoxy) is 2. The van der Waals surface area contributed by atoms with Gasteiger partial charge in [-0.2, -0.15) is 0 Å². The SMILES string of the molecule is COc1ccccc1COc1ccc(C#CCN)cc1. The molecule has 102 valence electrons.